The highest BCUT2D eigenvalue weighted by Crippen LogP contribution is 2.25. The van der Waals surface area contributed by atoms with Crippen LogP contribution in [-0.2, 0) is 9.59 Å². The van der Waals surface area contributed by atoms with Crippen LogP contribution in [0.25, 0.3) is 0 Å². The number of carbonyl (C=O) groups is 2. The minimum atomic E-state index is -0.457. The third-order valence-corrected chi connectivity index (χ3v) is 3.68. The Balaban J connectivity index is 2.09. The summed E-state index contributed by atoms with van der Waals surface area (Å²) in [6, 6.07) is -0.338. The van der Waals surface area contributed by atoms with E-state index in [0.29, 0.717) is 12.8 Å². The van der Waals surface area contributed by atoms with Gasteiger partial charge in [-0.25, -0.2) is 0 Å². The molecule has 90 valence electrons. The molecule has 0 bridgehead atoms. The van der Waals surface area contributed by atoms with Gasteiger partial charge in [0.25, 0.3) is 0 Å². The molecule has 0 aromatic carbocycles. The first-order valence-electron chi connectivity index (χ1n) is 6.31. The number of amides is 2. The van der Waals surface area contributed by atoms with Crippen molar-refractivity contribution in [2.75, 3.05) is 0 Å². The number of hydrogen-bond acceptors (Lipinski definition) is 3. The van der Waals surface area contributed by atoms with Gasteiger partial charge in [0.15, 0.2) is 0 Å². The van der Waals surface area contributed by atoms with E-state index in [9.17, 15) is 9.59 Å². The molecule has 2 amide bonds. The fourth-order valence-electron chi connectivity index (χ4n) is 2.72. The molecule has 16 heavy (non-hydrogen) atoms. The van der Waals surface area contributed by atoms with Crippen LogP contribution in [0.2, 0.25) is 0 Å². The largest absolute Gasteiger partial charge is 0.320 e. The van der Waals surface area contributed by atoms with Crippen LogP contribution in [0.3, 0.4) is 0 Å². The van der Waals surface area contributed by atoms with Crippen LogP contribution in [0.15, 0.2) is 0 Å². The molecule has 1 aliphatic carbocycles. The molecular weight excluding hydrogens is 204 g/mol. The second kappa shape index (κ2) is 4.95. The number of hydrogen-bond donors (Lipinski definition) is 1. The second-order valence-electron chi connectivity index (χ2n) is 4.89. The number of likely N-dealkylation sites (tertiary alicyclic amines) is 1. The zero-order valence-electron chi connectivity index (χ0n) is 9.65. The molecule has 1 atom stereocenters. The predicted octanol–water partition coefficient (Wildman–Crippen LogP) is 1.19. The smallest absolute Gasteiger partial charge is 0.246 e. The Morgan fingerprint density at radius 3 is 2.25 bits per heavy atom. The van der Waals surface area contributed by atoms with Gasteiger partial charge >= 0.3 is 0 Å². The Bertz CT molecular complexity index is 283. The quantitative estimate of drug-likeness (QED) is 0.537. The topological polar surface area (TPSA) is 63.4 Å². The van der Waals surface area contributed by atoms with Crippen LogP contribution in [-0.4, -0.2) is 28.8 Å². The first-order valence-corrected chi connectivity index (χ1v) is 6.31. The average molecular weight is 224 g/mol. The molecule has 1 aliphatic heterocycles. The number of imide groups is 1. The lowest BCUT2D eigenvalue weighted by molar-refractivity contribution is -0.152. The zero-order valence-corrected chi connectivity index (χ0v) is 9.65. The third kappa shape index (κ3) is 2.26. The Labute approximate surface area is 96.2 Å². The van der Waals surface area contributed by atoms with E-state index in [0.717, 1.165) is 25.7 Å². The summed E-state index contributed by atoms with van der Waals surface area (Å²) in [7, 11) is 0. The van der Waals surface area contributed by atoms with Crippen LogP contribution in [0.4, 0.5) is 0 Å². The van der Waals surface area contributed by atoms with E-state index < -0.39 is 6.04 Å². The van der Waals surface area contributed by atoms with Crippen LogP contribution < -0.4 is 5.73 Å². The summed E-state index contributed by atoms with van der Waals surface area (Å²) in [5.74, 6) is -0.165. The summed E-state index contributed by atoms with van der Waals surface area (Å²) in [5.41, 5.74) is 5.73. The maximum Gasteiger partial charge on any atom is 0.246 e. The summed E-state index contributed by atoms with van der Waals surface area (Å²) in [6.07, 6.45) is 7.56. The van der Waals surface area contributed by atoms with Gasteiger partial charge in [-0.15, -0.1) is 0 Å². The number of nitrogens with two attached hydrogens (primary N) is 1. The van der Waals surface area contributed by atoms with Gasteiger partial charge in [-0.05, 0) is 19.3 Å². The van der Waals surface area contributed by atoms with Crippen molar-refractivity contribution in [3.8, 4) is 0 Å². The Morgan fingerprint density at radius 1 is 1.00 bits per heavy atom. The highest BCUT2D eigenvalue weighted by Gasteiger charge is 2.36. The van der Waals surface area contributed by atoms with E-state index in [1.165, 1.54) is 17.7 Å². The van der Waals surface area contributed by atoms with E-state index in [2.05, 4.69) is 0 Å². The van der Waals surface area contributed by atoms with Gasteiger partial charge in [-0.3, -0.25) is 14.5 Å². The van der Waals surface area contributed by atoms with E-state index in [4.69, 9.17) is 5.73 Å². The molecule has 0 aromatic heterocycles. The minimum Gasteiger partial charge on any atom is -0.320 e. The fourth-order valence-corrected chi connectivity index (χ4v) is 2.72. The first kappa shape index (κ1) is 11.6. The highest BCUT2D eigenvalue weighted by molar-refractivity contribution is 6.00. The molecule has 0 spiro atoms. The Morgan fingerprint density at radius 2 is 1.62 bits per heavy atom. The number of nitrogens with zero attached hydrogens (tertiary/aromatic N) is 1. The second-order valence-corrected chi connectivity index (χ2v) is 4.89. The van der Waals surface area contributed by atoms with Gasteiger partial charge < -0.3 is 5.73 Å². The highest BCUT2D eigenvalue weighted by atomic mass is 16.2. The molecule has 2 fully saturated rings. The van der Waals surface area contributed by atoms with Gasteiger partial charge in [0.1, 0.15) is 0 Å². The number of rotatable bonds is 1. The average Bonchev–Trinajstić information content (AvgIpc) is 2.53. The molecule has 4 heteroatoms. The van der Waals surface area contributed by atoms with E-state index >= 15 is 0 Å². The van der Waals surface area contributed by atoms with E-state index in [-0.39, 0.29) is 17.9 Å². The molecule has 2 rings (SSSR count). The van der Waals surface area contributed by atoms with Crippen molar-refractivity contribution >= 4 is 11.8 Å². The van der Waals surface area contributed by atoms with Crippen molar-refractivity contribution in [3.05, 3.63) is 0 Å². The summed E-state index contributed by atoms with van der Waals surface area (Å²) in [6.45, 7) is 0. The molecular formula is C12H20N2O2. The Kier molecular flexibility index (Phi) is 3.59. The fraction of sp³-hybridized carbons (Fsp3) is 0.833. The van der Waals surface area contributed by atoms with E-state index in [1.54, 1.807) is 0 Å². The Hall–Kier alpha value is -0.900. The SMILES string of the molecule is N[C@H]1CCC(=O)N(C2CCCCCC2)C1=O. The molecule has 1 saturated heterocycles. The molecule has 0 unspecified atom stereocenters. The maximum absolute atomic E-state index is 11.9. The lowest BCUT2D eigenvalue weighted by Gasteiger charge is -2.34. The van der Waals surface area contributed by atoms with Gasteiger partial charge in [0.2, 0.25) is 11.8 Å². The summed E-state index contributed by atoms with van der Waals surface area (Å²) < 4.78 is 0. The van der Waals surface area contributed by atoms with Crippen molar-refractivity contribution in [1.82, 2.24) is 4.90 Å². The predicted molar refractivity (Wildman–Crippen MR) is 60.6 cm³/mol. The van der Waals surface area contributed by atoms with Crippen LogP contribution in [0.5, 0.6) is 0 Å². The summed E-state index contributed by atoms with van der Waals surface area (Å²) >= 11 is 0. The van der Waals surface area contributed by atoms with Crippen molar-refractivity contribution < 1.29 is 9.59 Å². The molecule has 1 saturated carbocycles. The third-order valence-electron chi connectivity index (χ3n) is 3.68. The first-order chi connectivity index (χ1) is 7.70. The molecule has 4 nitrogen and oxygen atoms in total. The lowest BCUT2D eigenvalue weighted by Crippen LogP contribution is -2.55. The van der Waals surface area contributed by atoms with Crippen molar-refractivity contribution in [3.63, 3.8) is 0 Å². The van der Waals surface area contributed by atoms with Crippen LogP contribution in [0.1, 0.15) is 51.4 Å². The van der Waals surface area contributed by atoms with Crippen molar-refractivity contribution in [1.29, 1.82) is 0 Å². The van der Waals surface area contributed by atoms with Crippen molar-refractivity contribution in [2.24, 2.45) is 5.73 Å². The monoisotopic (exact) mass is 224 g/mol. The zero-order chi connectivity index (χ0) is 11.5. The van der Waals surface area contributed by atoms with Gasteiger partial charge in [-0.2, -0.15) is 0 Å². The number of piperidine rings is 1. The summed E-state index contributed by atoms with van der Waals surface area (Å²) in [4.78, 5) is 25.2. The summed E-state index contributed by atoms with van der Waals surface area (Å²) in [5, 5.41) is 0. The van der Waals surface area contributed by atoms with Gasteiger partial charge in [-0.1, -0.05) is 25.7 Å². The lowest BCUT2D eigenvalue weighted by atomic mass is 9.99. The van der Waals surface area contributed by atoms with Crippen molar-refractivity contribution in [2.45, 2.75) is 63.5 Å². The molecule has 1 heterocycles. The molecule has 2 N–H and O–H groups in total. The molecule has 2 aliphatic rings. The standard InChI is InChI=1S/C12H20N2O2/c13-10-7-8-11(15)14(12(10)16)9-5-3-1-2-4-6-9/h9-10H,1-8,13H2/t10-/m0/s1. The number of carbonyl (C=O) groups excluding carboxylic acids is 2. The van der Waals surface area contributed by atoms with Crippen LogP contribution >= 0.6 is 0 Å². The minimum absolute atomic E-state index is 0.0152. The van der Waals surface area contributed by atoms with Crippen LogP contribution in [0, 0.1) is 0 Å². The molecule has 0 aromatic rings. The van der Waals surface area contributed by atoms with E-state index in [1.807, 2.05) is 0 Å². The molecule has 0 radical (unpaired) electrons. The van der Waals surface area contributed by atoms with Gasteiger partial charge in [0, 0.05) is 12.5 Å². The normalized spacial score (nSPS) is 29.3. The van der Waals surface area contributed by atoms with Gasteiger partial charge in [0.05, 0.1) is 6.04 Å². The maximum atomic E-state index is 11.9.